The summed E-state index contributed by atoms with van der Waals surface area (Å²) in [5.41, 5.74) is 0.915. The third-order valence-electron chi connectivity index (χ3n) is 4.10. The summed E-state index contributed by atoms with van der Waals surface area (Å²) >= 11 is 0. The van der Waals surface area contributed by atoms with Gasteiger partial charge in [0.15, 0.2) is 9.84 Å². The summed E-state index contributed by atoms with van der Waals surface area (Å²) in [5, 5.41) is 3.41. The Morgan fingerprint density at radius 1 is 1.19 bits per heavy atom. The zero-order chi connectivity index (χ0) is 15.6. The topological polar surface area (TPSA) is 49.4 Å². The quantitative estimate of drug-likeness (QED) is 0.875. The molecule has 0 spiro atoms. The van der Waals surface area contributed by atoms with Crippen molar-refractivity contribution in [3.05, 3.63) is 29.8 Å². The fourth-order valence-corrected chi connectivity index (χ4v) is 4.87. The van der Waals surface area contributed by atoms with Crippen molar-refractivity contribution in [3.63, 3.8) is 0 Å². The van der Waals surface area contributed by atoms with Crippen LogP contribution in [0.15, 0.2) is 29.2 Å². The number of hydrogen-bond donors (Lipinski definition) is 1. The molecule has 1 N–H and O–H groups in total. The molecule has 1 atom stereocenters. The molecule has 1 aromatic carbocycles. The molecule has 0 aromatic heterocycles. The first-order valence-electron chi connectivity index (χ1n) is 7.63. The molecule has 1 aliphatic heterocycles. The molecule has 1 heterocycles. The van der Waals surface area contributed by atoms with E-state index < -0.39 is 9.84 Å². The van der Waals surface area contributed by atoms with Crippen molar-refractivity contribution in [3.8, 4) is 0 Å². The van der Waals surface area contributed by atoms with Crippen molar-refractivity contribution >= 4 is 9.84 Å². The van der Waals surface area contributed by atoms with E-state index in [0.29, 0.717) is 17.0 Å². The summed E-state index contributed by atoms with van der Waals surface area (Å²) in [7, 11) is -3.11. The molecule has 0 fully saturated rings. The highest BCUT2D eigenvalue weighted by molar-refractivity contribution is 7.91. The number of nitrogens with one attached hydrogen (secondary N) is 1. The zero-order valence-electron chi connectivity index (χ0n) is 13.3. The van der Waals surface area contributed by atoms with E-state index in [4.69, 9.17) is 0 Å². The number of hydrogen-bond acceptors (Lipinski definition) is 4. The van der Waals surface area contributed by atoms with Crippen molar-refractivity contribution in [1.29, 1.82) is 0 Å². The zero-order valence-corrected chi connectivity index (χ0v) is 14.2. The predicted molar refractivity (Wildman–Crippen MR) is 86.2 cm³/mol. The van der Waals surface area contributed by atoms with E-state index in [2.05, 4.69) is 37.9 Å². The highest BCUT2D eigenvalue weighted by Crippen LogP contribution is 2.32. The van der Waals surface area contributed by atoms with Crippen LogP contribution >= 0.6 is 0 Å². The Morgan fingerprint density at radius 2 is 1.81 bits per heavy atom. The van der Waals surface area contributed by atoms with Crippen LogP contribution in [-0.4, -0.2) is 44.2 Å². The summed E-state index contributed by atoms with van der Waals surface area (Å²) in [6.07, 6.45) is 0. The molecule has 1 unspecified atom stereocenters. The molecule has 118 valence electrons. The van der Waals surface area contributed by atoms with Crippen LogP contribution < -0.4 is 5.32 Å². The minimum absolute atomic E-state index is 0.0765. The van der Waals surface area contributed by atoms with E-state index in [0.717, 1.165) is 18.7 Å². The van der Waals surface area contributed by atoms with Gasteiger partial charge in [-0.15, -0.1) is 0 Å². The Labute approximate surface area is 128 Å². The fourth-order valence-electron chi connectivity index (χ4n) is 3.10. The molecular weight excluding hydrogens is 284 g/mol. The number of rotatable bonds is 6. The predicted octanol–water partition coefficient (Wildman–Crippen LogP) is 2.22. The van der Waals surface area contributed by atoms with E-state index in [1.807, 2.05) is 12.1 Å². The maximum Gasteiger partial charge on any atom is 0.180 e. The molecule has 0 saturated heterocycles. The largest absolute Gasteiger partial charge is 0.308 e. The Morgan fingerprint density at radius 3 is 2.43 bits per heavy atom. The van der Waals surface area contributed by atoms with Gasteiger partial charge in [-0.3, -0.25) is 4.90 Å². The standard InChI is InChI=1S/C16H26N2O2S/c1-12(2)18(13(3)4)10-9-17-15-11-21(19,20)16-8-6-5-7-14(15)16/h5-8,12-13,15,17H,9-11H2,1-4H3. The van der Waals surface area contributed by atoms with Gasteiger partial charge in [-0.05, 0) is 39.3 Å². The van der Waals surface area contributed by atoms with Crippen LogP contribution in [0, 0.1) is 0 Å². The highest BCUT2D eigenvalue weighted by atomic mass is 32.2. The minimum Gasteiger partial charge on any atom is -0.308 e. The molecule has 0 radical (unpaired) electrons. The first kappa shape index (κ1) is 16.5. The van der Waals surface area contributed by atoms with Gasteiger partial charge in [0.05, 0.1) is 10.6 Å². The van der Waals surface area contributed by atoms with Crippen molar-refractivity contribution in [2.45, 2.75) is 50.7 Å². The first-order valence-corrected chi connectivity index (χ1v) is 9.29. The van der Waals surface area contributed by atoms with Gasteiger partial charge in [0, 0.05) is 31.2 Å². The number of nitrogens with zero attached hydrogens (tertiary/aromatic N) is 1. The number of benzene rings is 1. The number of fused-ring (bicyclic) bond motifs is 1. The summed E-state index contributed by atoms with van der Waals surface area (Å²) in [5.74, 6) is 0.176. The van der Waals surface area contributed by atoms with Crippen LogP contribution in [0.3, 0.4) is 0 Å². The van der Waals surface area contributed by atoms with E-state index in [-0.39, 0.29) is 11.8 Å². The molecule has 2 rings (SSSR count). The fraction of sp³-hybridized carbons (Fsp3) is 0.625. The lowest BCUT2D eigenvalue weighted by atomic mass is 10.1. The van der Waals surface area contributed by atoms with Gasteiger partial charge in [-0.2, -0.15) is 0 Å². The monoisotopic (exact) mass is 310 g/mol. The Kier molecular flexibility index (Phi) is 5.07. The second-order valence-electron chi connectivity index (χ2n) is 6.25. The second-order valence-corrected chi connectivity index (χ2v) is 8.25. The van der Waals surface area contributed by atoms with Crippen molar-refractivity contribution in [2.75, 3.05) is 18.8 Å². The second kappa shape index (κ2) is 6.46. The van der Waals surface area contributed by atoms with Crippen LogP contribution in [0.2, 0.25) is 0 Å². The normalized spacial score (nSPS) is 20.4. The van der Waals surface area contributed by atoms with Crippen LogP contribution in [0.25, 0.3) is 0 Å². The van der Waals surface area contributed by atoms with Gasteiger partial charge in [0.1, 0.15) is 0 Å². The minimum atomic E-state index is -3.11. The van der Waals surface area contributed by atoms with Crippen molar-refractivity contribution in [1.82, 2.24) is 10.2 Å². The summed E-state index contributed by atoms with van der Waals surface area (Å²) in [6, 6.07) is 8.23. The van der Waals surface area contributed by atoms with E-state index in [9.17, 15) is 8.42 Å². The van der Waals surface area contributed by atoms with Gasteiger partial charge in [-0.25, -0.2) is 8.42 Å². The van der Waals surface area contributed by atoms with E-state index in [1.165, 1.54) is 0 Å². The molecule has 1 aliphatic rings. The highest BCUT2D eigenvalue weighted by Gasteiger charge is 2.33. The third kappa shape index (κ3) is 3.65. The van der Waals surface area contributed by atoms with E-state index >= 15 is 0 Å². The summed E-state index contributed by atoms with van der Waals surface area (Å²) < 4.78 is 24.3. The lowest BCUT2D eigenvalue weighted by molar-refractivity contribution is 0.174. The van der Waals surface area contributed by atoms with Gasteiger partial charge >= 0.3 is 0 Å². The van der Waals surface area contributed by atoms with Crippen LogP contribution in [0.4, 0.5) is 0 Å². The van der Waals surface area contributed by atoms with Crippen molar-refractivity contribution in [2.24, 2.45) is 0 Å². The molecule has 5 heteroatoms. The van der Waals surface area contributed by atoms with Gasteiger partial charge in [0.25, 0.3) is 0 Å². The van der Waals surface area contributed by atoms with Gasteiger partial charge in [-0.1, -0.05) is 18.2 Å². The maximum atomic E-state index is 12.1. The van der Waals surface area contributed by atoms with Crippen LogP contribution in [-0.2, 0) is 9.84 Å². The lowest BCUT2D eigenvalue weighted by Crippen LogP contribution is -2.42. The Bertz CT molecular complexity index is 574. The smallest absolute Gasteiger partial charge is 0.180 e. The Hall–Kier alpha value is -0.910. The molecule has 0 amide bonds. The first-order chi connectivity index (χ1) is 9.83. The molecule has 0 bridgehead atoms. The molecule has 0 saturated carbocycles. The molecule has 4 nitrogen and oxygen atoms in total. The third-order valence-corrected chi connectivity index (χ3v) is 5.92. The molecule has 0 aliphatic carbocycles. The average Bonchev–Trinajstić information content (AvgIpc) is 2.66. The summed E-state index contributed by atoms with van der Waals surface area (Å²) in [6.45, 7) is 10.5. The molecular formula is C16H26N2O2S. The van der Waals surface area contributed by atoms with Gasteiger partial charge < -0.3 is 5.32 Å². The molecule has 1 aromatic rings. The molecule has 21 heavy (non-hydrogen) atoms. The van der Waals surface area contributed by atoms with Crippen molar-refractivity contribution < 1.29 is 8.42 Å². The van der Waals surface area contributed by atoms with Crippen LogP contribution in [0.1, 0.15) is 39.3 Å². The Balaban J connectivity index is 2.00. The lowest BCUT2D eigenvalue weighted by Gasteiger charge is -2.31. The maximum absolute atomic E-state index is 12.1. The van der Waals surface area contributed by atoms with E-state index in [1.54, 1.807) is 12.1 Å². The summed E-state index contributed by atoms with van der Waals surface area (Å²) in [4.78, 5) is 2.90. The SMILES string of the molecule is CC(C)N(CCNC1CS(=O)(=O)c2ccccc21)C(C)C. The van der Waals surface area contributed by atoms with Gasteiger partial charge in [0.2, 0.25) is 0 Å². The number of sulfone groups is 1. The van der Waals surface area contributed by atoms with Crippen LogP contribution in [0.5, 0.6) is 0 Å². The average molecular weight is 310 g/mol.